The van der Waals surface area contributed by atoms with Gasteiger partial charge in [0.25, 0.3) is 0 Å². The summed E-state index contributed by atoms with van der Waals surface area (Å²) < 4.78 is 5.26. The van der Waals surface area contributed by atoms with E-state index in [1.807, 2.05) is 25.1 Å². The Bertz CT molecular complexity index is 567. The number of aromatic nitrogens is 3. The second-order valence-corrected chi connectivity index (χ2v) is 4.52. The van der Waals surface area contributed by atoms with Crippen molar-refractivity contribution in [1.82, 2.24) is 20.5 Å². The second-order valence-electron chi connectivity index (χ2n) is 4.52. The van der Waals surface area contributed by atoms with Gasteiger partial charge in [0.15, 0.2) is 0 Å². The van der Waals surface area contributed by atoms with Crippen LogP contribution in [0.1, 0.15) is 17.0 Å². The number of aryl methyl sites for hydroxylation is 1. The Morgan fingerprint density at radius 1 is 1.45 bits per heavy atom. The molecule has 1 aromatic heterocycles. The molecule has 0 aliphatic heterocycles. The summed E-state index contributed by atoms with van der Waals surface area (Å²) >= 11 is 0. The van der Waals surface area contributed by atoms with Crippen LogP contribution in [0.5, 0.6) is 5.75 Å². The van der Waals surface area contributed by atoms with E-state index in [-0.39, 0.29) is 5.91 Å². The molecule has 0 spiro atoms. The van der Waals surface area contributed by atoms with Crippen molar-refractivity contribution in [2.75, 3.05) is 13.7 Å². The van der Waals surface area contributed by atoms with E-state index in [1.54, 1.807) is 7.11 Å². The highest BCUT2D eigenvalue weighted by Gasteiger charge is 2.09. The number of benzene rings is 1. The van der Waals surface area contributed by atoms with E-state index in [4.69, 9.17) is 4.74 Å². The topological polar surface area (TPSA) is 79.9 Å². The Kier molecular flexibility index (Phi) is 4.70. The van der Waals surface area contributed by atoms with Gasteiger partial charge in [0.2, 0.25) is 5.91 Å². The first kappa shape index (κ1) is 14.0. The minimum atomic E-state index is -0.0339. The second kappa shape index (κ2) is 6.70. The maximum Gasteiger partial charge on any atom is 0.224 e. The SMILES string of the molecule is COc1ccc(C)cc1CC(=O)NCCc1ncn[nH]1. The fourth-order valence-corrected chi connectivity index (χ4v) is 1.95. The average molecular weight is 274 g/mol. The largest absolute Gasteiger partial charge is 0.496 e. The molecule has 0 aliphatic carbocycles. The van der Waals surface area contributed by atoms with Crippen LogP contribution in [0.4, 0.5) is 0 Å². The first-order chi connectivity index (χ1) is 9.69. The van der Waals surface area contributed by atoms with E-state index in [0.717, 1.165) is 22.7 Å². The van der Waals surface area contributed by atoms with E-state index in [1.165, 1.54) is 6.33 Å². The molecule has 0 radical (unpaired) electrons. The fourth-order valence-electron chi connectivity index (χ4n) is 1.95. The first-order valence-electron chi connectivity index (χ1n) is 6.43. The number of H-pyrrole nitrogens is 1. The van der Waals surface area contributed by atoms with Crippen LogP contribution in [0, 0.1) is 6.92 Å². The summed E-state index contributed by atoms with van der Waals surface area (Å²) in [4.78, 5) is 15.9. The fraction of sp³-hybridized carbons (Fsp3) is 0.357. The number of hydrogen-bond acceptors (Lipinski definition) is 4. The Morgan fingerprint density at radius 3 is 3.00 bits per heavy atom. The third-order valence-electron chi connectivity index (χ3n) is 2.94. The summed E-state index contributed by atoms with van der Waals surface area (Å²) in [6.07, 6.45) is 2.40. The third kappa shape index (κ3) is 3.81. The smallest absolute Gasteiger partial charge is 0.224 e. The first-order valence-corrected chi connectivity index (χ1v) is 6.43. The normalized spacial score (nSPS) is 10.3. The summed E-state index contributed by atoms with van der Waals surface area (Å²) in [6, 6.07) is 5.81. The lowest BCUT2D eigenvalue weighted by Crippen LogP contribution is -2.27. The highest BCUT2D eigenvalue weighted by molar-refractivity contribution is 5.79. The van der Waals surface area contributed by atoms with Crippen molar-refractivity contribution >= 4 is 5.91 Å². The van der Waals surface area contributed by atoms with Crippen LogP contribution in [0.25, 0.3) is 0 Å². The minimum Gasteiger partial charge on any atom is -0.496 e. The molecule has 20 heavy (non-hydrogen) atoms. The Labute approximate surface area is 117 Å². The van der Waals surface area contributed by atoms with Gasteiger partial charge in [-0.15, -0.1) is 0 Å². The molecule has 2 aromatic rings. The molecule has 0 bridgehead atoms. The van der Waals surface area contributed by atoms with Crippen molar-refractivity contribution in [3.05, 3.63) is 41.5 Å². The van der Waals surface area contributed by atoms with Gasteiger partial charge in [-0.2, -0.15) is 5.10 Å². The zero-order valence-electron chi connectivity index (χ0n) is 11.6. The summed E-state index contributed by atoms with van der Waals surface area (Å²) in [5.41, 5.74) is 2.00. The van der Waals surface area contributed by atoms with Gasteiger partial charge in [0, 0.05) is 18.5 Å². The van der Waals surface area contributed by atoms with Gasteiger partial charge in [-0.3, -0.25) is 9.89 Å². The lowest BCUT2D eigenvalue weighted by atomic mass is 10.1. The molecule has 0 saturated carbocycles. The number of hydrogen-bond donors (Lipinski definition) is 2. The maximum atomic E-state index is 11.9. The Hall–Kier alpha value is -2.37. The van der Waals surface area contributed by atoms with Gasteiger partial charge in [-0.05, 0) is 13.0 Å². The number of rotatable bonds is 6. The number of nitrogens with one attached hydrogen (secondary N) is 2. The van der Waals surface area contributed by atoms with Gasteiger partial charge in [0.1, 0.15) is 17.9 Å². The Morgan fingerprint density at radius 2 is 2.30 bits per heavy atom. The number of nitrogens with zero attached hydrogens (tertiary/aromatic N) is 2. The number of amides is 1. The molecular weight excluding hydrogens is 256 g/mol. The van der Waals surface area contributed by atoms with Crippen LogP contribution in [-0.4, -0.2) is 34.7 Å². The van der Waals surface area contributed by atoms with Crippen molar-refractivity contribution in [2.45, 2.75) is 19.8 Å². The van der Waals surface area contributed by atoms with Crippen molar-refractivity contribution in [3.63, 3.8) is 0 Å². The molecule has 2 N–H and O–H groups in total. The van der Waals surface area contributed by atoms with Crippen LogP contribution in [0.2, 0.25) is 0 Å². The van der Waals surface area contributed by atoms with Crippen LogP contribution in [0.3, 0.4) is 0 Å². The van der Waals surface area contributed by atoms with Crippen molar-refractivity contribution in [2.24, 2.45) is 0 Å². The minimum absolute atomic E-state index is 0.0339. The molecule has 0 fully saturated rings. The van der Waals surface area contributed by atoms with E-state index < -0.39 is 0 Å². The summed E-state index contributed by atoms with van der Waals surface area (Å²) in [5, 5.41) is 9.37. The summed E-state index contributed by atoms with van der Waals surface area (Å²) in [6.45, 7) is 2.52. The average Bonchev–Trinajstić information content (AvgIpc) is 2.92. The van der Waals surface area contributed by atoms with Crippen LogP contribution < -0.4 is 10.1 Å². The van der Waals surface area contributed by atoms with Gasteiger partial charge >= 0.3 is 0 Å². The number of ether oxygens (including phenoxy) is 1. The van der Waals surface area contributed by atoms with E-state index >= 15 is 0 Å². The molecule has 0 unspecified atom stereocenters. The van der Waals surface area contributed by atoms with Gasteiger partial charge in [0.05, 0.1) is 13.5 Å². The monoisotopic (exact) mass is 274 g/mol. The van der Waals surface area contributed by atoms with E-state index in [0.29, 0.717) is 19.4 Å². The van der Waals surface area contributed by atoms with E-state index in [2.05, 4.69) is 20.5 Å². The van der Waals surface area contributed by atoms with Crippen LogP contribution in [-0.2, 0) is 17.6 Å². The van der Waals surface area contributed by atoms with Gasteiger partial charge in [-0.1, -0.05) is 17.7 Å². The number of methoxy groups -OCH3 is 1. The molecule has 0 atom stereocenters. The van der Waals surface area contributed by atoms with Crippen molar-refractivity contribution < 1.29 is 9.53 Å². The van der Waals surface area contributed by atoms with Crippen LogP contribution >= 0.6 is 0 Å². The number of carbonyl (C=O) groups excluding carboxylic acids is 1. The molecular formula is C14H18N4O2. The summed E-state index contributed by atoms with van der Waals surface area (Å²) in [7, 11) is 1.61. The molecule has 6 nitrogen and oxygen atoms in total. The summed E-state index contributed by atoms with van der Waals surface area (Å²) in [5.74, 6) is 1.47. The highest BCUT2D eigenvalue weighted by atomic mass is 16.5. The number of carbonyl (C=O) groups is 1. The zero-order chi connectivity index (χ0) is 14.4. The van der Waals surface area contributed by atoms with Gasteiger partial charge in [-0.25, -0.2) is 4.98 Å². The molecule has 2 rings (SSSR count). The molecule has 106 valence electrons. The standard InChI is InChI=1S/C14H18N4O2/c1-10-3-4-12(20-2)11(7-10)8-14(19)15-6-5-13-16-9-17-18-13/h3-4,7,9H,5-6,8H2,1-2H3,(H,15,19)(H,16,17,18). The maximum absolute atomic E-state index is 11.9. The molecule has 1 heterocycles. The van der Waals surface area contributed by atoms with Crippen molar-refractivity contribution in [3.8, 4) is 5.75 Å². The quantitative estimate of drug-likeness (QED) is 0.824. The predicted molar refractivity (Wildman–Crippen MR) is 74.5 cm³/mol. The van der Waals surface area contributed by atoms with Crippen LogP contribution in [0.15, 0.2) is 24.5 Å². The predicted octanol–water partition coefficient (Wildman–Crippen LogP) is 1.02. The van der Waals surface area contributed by atoms with E-state index in [9.17, 15) is 4.79 Å². The lowest BCUT2D eigenvalue weighted by Gasteiger charge is -2.09. The molecule has 1 amide bonds. The third-order valence-corrected chi connectivity index (χ3v) is 2.94. The highest BCUT2D eigenvalue weighted by Crippen LogP contribution is 2.19. The van der Waals surface area contributed by atoms with Crippen molar-refractivity contribution in [1.29, 1.82) is 0 Å². The van der Waals surface area contributed by atoms with Gasteiger partial charge < -0.3 is 10.1 Å². The molecule has 1 aromatic carbocycles. The molecule has 6 heteroatoms. The molecule has 0 aliphatic rings. The zero-order valence-corrected chi connectivity index (χ0v) is 11.6. The molecule has 0 saturated heterocycles. The lowest BCUT2D eigenvalue weighted by molar-refractivity contribution is -0.120. The Balaban J connectivity index is 1.86. The number of aromatic amines is 1.